The molecule has 0 unspecified atom stereocenters. The monoisotopic (exact) mass is 374 g/mol. The van der Waals surface area contributed by atoms with Gasteiger partial charge in [0.05, 0.1) is 11.3 Å². The van der Waals surface area contributed by atoms with E-state index in [2.05, 4.69) is 11.0 Å². The minimum atomic E-state index is -0.221. The molecule has 1 saturated heterocycles. The molecule has 4 rings (SSSR count). The molecule has 0 bridgehead atoms. The molecule has 2 amide bonds. The largest absolute Gasteiger partial charge is 0.366 e. The molecule has 4 nitrogen and oxygen atoms in total. The Morgan fingerprint density at radius 3 is 2.04 bits per heavy atom. The highest BCUT2D eigenvalue weighted by Gasteiger charge is 2.43. The van der Waals surface area contributed by atoms with E-state index >= 15 is 0 Å². The first-order valence-electron chi connectivity index (χ1n) is 9.99. The third kappa shape index (κ3) is 3.13. The first kappa shape index (κ1) is 18.5. The second-order valence-corrected chi connectivity index (χ2v) is 7.87. The molecule has 2 aromatic rings. The smallest absolute Gasteiger partial charge is 0.282 e. The first-order valence-corrected chi connectivity index (χ1v) is 9.99. The summed E-state index contributed by atoms with van der Waals surface area (Å²) in [6.07, 6.45) is 3.28. The van der Waals surface area contributed by atoms with Gasteiger partial charge < -0.3 is 4.90 Å². The number of nitrogens with zero attached hydrogens (tertiary/aromatic N) is 2. The molecule has 0 atom stereocenters. The summed E-state index contributed by atoms with van der Waals surface area (Å²) in [5, 5.41) is 0. The van der Waals surface area contributed by atoms with Crippen molar-refractivity contribution >= 4 is 23.1 Å². The van der Waals surface area contributed by atoms with Gasteiger partial charge in [0.1, 0.15) is 5.70 Å². The first-order chi connectivity index (χ1) is 13.5. The predicted octanol–water partition coefficient (Wildman–Crippen LogP) is 4.38. The fraction of sp³-hybridized carbons (Fsp3) is 0.333. The van der Waals surface area contributed by atoms with Gasteiger partial charge in [0.15, 0.2) is 0 Å². The average molecular weight is 374 g/mol. The van der Waals surface area contributed by atoms with Crippen LogP contribution in [0.3, 0.4) is 0 Å². The van der Waals surface area contributed by atoms with Crippen LogP contribution < -0.4 is 4.90 Å². The lowest BCUT2D eigenvalue weighted by atomic mass is 9.96. The van der Waals surface area contributed by atoms with E-state index in [4.69, 9.17) is 0 Å². The van der Waals surface area contributed by atoms with E-state index in [1.165, 1.54) is 11.3 Å². The Labute approximate surface area is 166 Å². The second kappa shape index (κ2) is 7.27. The number of amides is 2. The molecule has 2 aliphatic rings. The van der Waals surface area contributed by atoms with Crippen molar-refractivity contribution in [2.24, 2.45) is 0 Å². The van der Waals surface area contributed by atoms with Crippen LogP contribution in [-0.2, 0) is 9.59 Å². The van der Waals surface area contributed by atoms with E-state index in [1.54, 1.807) is 0 Å². The van der Waals surface area contributed by atoms with Gasteiger partial charge in [0, 0.05) is 13.1 Å². The van der Waals surface area contributed by atoms with E-state index in [1.807, 2.05) is 57.2 Å². The molecule has 0 saturated carbocycles. The van der Waals surface area contributed by atoms with Crippen LogP contribution in [0.1, 0.15) is 41.5 Å². The van der Waals surface area contributed by atoms with Crippen LogP contribution in [0.4, 0.5) is 5.69 Å². The van der Waals surface area contributed by atoms with Crippen LogP contribution in [0.2, 0.25) is 0 Å². The SMILES string of the molecule is Cc1ccc(N2C(=O)C(c3ccc(C)cc3C)=C(N3CCCCC3)C2=O)cc1. The number of carbonyl (C=O) groups is 2. The van der Waals surface area contributed by atoms with E-state index in [0.717, 1.165) is 48.2 Å². The van der Waals surface area contributed by atoms with Crippen LogP contribution in [0.5, 0.6) is 0 Å². The van der Waals surface area contributed by atoms with E-state index in [-0.39, 0.29) is 11.8 Å². The molecule has 0 N–H and O–H groups in total. The van der Waals surface area contributed by atoms with Gasteiger partial charge in [-0.3, -0.25) is 9.59 Å². The summed E-state index contributed by atoms with van der Waals surface area (Å²) in [4.78, 5) is 30.4. The van der Waals surface area contributed by atoms with Crippen molar-refractivity contribution in [3.8, 4) is 0 Å². The third-order valence-electron chi connectivity index (χ3n) is 5.68. The average Bonchev–Trinajstić information content (AvgIpc) is 2.94. The Morgan fingerprint density at radius 1 is 0.750 bits per heavy atom. The molecular formula is C24H26N2O2. The summed E-state index contributed by atoms with van der Waals surface area (Å²) in [6, 6.07) is 13.6. The number of rotatable bonds is 3. The number of carbonyl (C=O) groups excluding carboxylic acids is 2. The molecule has 2 aliphatic heterocycles. The molecule has 0 spiro atoms. The fourth-order valence-electron chi connectivity index (χ4n) is 4.19. The summed E-state index contributed by atoms with van der Waals surface area (Å²) in [5.41, 5.74) is 5.88. The number of hydrogen-bond donors (Lipinski definition) is 0. The lowest BCUT2D eigenvalue weighted by molar-refractivity contribution is -0.120. The molecule has 1 fully saturated rings. The van der Waals surface area contributed by atoms with Gasteiger partial charge in [-0.25, -0.2) is 4.90 Å². The van der Waals surface area contributed by atoms with Crippen molar-refractivity contribution in [3.63, 3.8) is 0 Å². The van der Waals surface area contributed by atoms with Crippen LogP contribution >= 0.6 is 0 Å². The lowest BCUT2D eigenvalue weighted by Gasteiger charge is -2.29. The standard InChI is InChI=1S/C24H26N2O2/c1-16-7-10-19(11-8-16)26-23(27)21(20-12-9-17(2)15-18(20)3)22(24(26)28)25-13-5-4-6-14-25/h7-12,15H,4-6,13-14H2,1-3H3. The predicted molar refractivity (Wildman–Crippen MR) is 112 cm³/mol. The zero-order valence-corrected chi connectivity index (χ0v) is 16.8. The van der Waals surface area contributed by atoms with Gasteiger partial charge in [-0.05, 0) is 63.3 Å². The molecule has 0 aromatic heterocycles. The molecule has 28 heavy (non-hydrogen) atoms. The Bertz CT molecular complexity index is 967. The minimum absolute atomic E-state index is 0.203. The highest BCUT2D eigenvalue weighted by atomic mass is 16.2. The van der Waals surface area contributed by atoms with Gasteiger partial charge in [-0.15, -0.1) is 0 Å². The summed E-state index contributed by atoms with van der Waals surface area (Å²) < 4.78 is 0. The van der Waals surface area contributed by atoms with Crippen molar-refractivity contribution in [2.75, 3.05) is 18.0 Å². The van der Waals surface area contributed by atoms with Gasteiger partial charge in [0.25, 0.3) is 11.8 Å². The maximum atomic E-state index is 13.5. The number of benzene rings is 2. The molecule has 144 valence electrons. The zero-order valence-electron chi connectivity index (χ0n) is 16.8. The van der Waals surface area contributed by atoms with Gasteiger partial charge >= 0.3 is 0 Å². The number of likely N-dealkylation sites (tertiary alicyclic amines) is 1. The second-order valence-electron chi connectivity index (χ2n) is 7.87. The Hall–Kier alpha value is -2.88. The van der Waals surface area contributed by atoms with Crippen LogP contribution in [0, 0.1) is 20.8 Å². The summed E-state index contributed by atoms with van der Waals surface area (Å²) in [7, 11) is 0. The van der Waals surface area contributed by atoms with Gasteiger partial charge in [-0.2, -0.15) is 0 Å². The van der Waals surface area contributed by atoms with Crippen LogP contribution in [0.25, 0.3) is 5.57 Å². The van der Waals surface area contributed by atoms with Crippen molar-refractivity contribution < 1.29 is 9.59 Å². The Morgan fingerprint density at radius 2 is 1.39 bits per heavy atom. The Balaban J connectivity index is 1.85. The number of piperidine rings is 1. The number of imide groups is 1. The number of anilines is 1. The fourth-order valence-corrected chi connectivity index (χ4v) is 4.19. The van der Waals surface area contributed by atoms with E-state index in [0.29, 0.717) is 17.0 Å². The van der Waals surface area contributed by atoms with E-state index < -0.39 is 0 Å². The highest BCUT2D eigenvalue weighted by molar-refractivity contribution is 6.45. The van der Waals surface area contributed by atoms with Gasteiger partial charge in [-0.1, -0.05) is 41.5 Å². The lowest BCUT2D eigenvalue weighted by Crippen LogP contribution is -2.37. The molecular weight excluding hydrogens is 348 g/mol. The maximum Gasteiger partial charge on any atom is 0.282 e. The Kier molecular flexibility index (Phi) is 4.80. The number of hydrogen-bond acceptors (Lipinski definition) is 3. The molecule has 2 aromatic carbocycles. The zero-order chi connectivity index (χ0) is 19.8. The van der Waals surface area contributed by atoms with Crippen molar-refractivity contribution in [1.82, 2.24) is 4.90 Å². The highest BCUT2D eigenvalue weighted by Crippen LogP contribution is 2.37. The molecule has 4 heteroatoms. The molecule has 2 heterocycles. The molecule has 0 aliphatic carbocycles. The summed E-state index contributed by atoms with van der Waals surface area (Å²) >= 11 is 0. The number of aryl methyl sites for hydroxylation is 3. The van der Waals surface area contributed by atoms with Crippen LogP contribution in [-0.4, -0.2) is 29.8 Å². The van der Waals surface area contributed by atoms with Crippen molar-refractivity contribution in [1.29, 1.82) is 0 Å². The van der Waals surface area contributed by atoms with Crippen molar-refractivity contribution in [2.45, 2.75) is 40.0 Å². The molecule has 0 radical (unpaired) electrons. The van der Waals surface area contributed by atoms with Crippen molar-refractivity contribution in [3.05, 3.63) is 70.4 Å². The van der Waals surface area contributed by atoms with Gasteiger partial charge in [0.2, 0.25) is 0 Å². The van der Waals surface area contributed by atoms with Crippen LogP contribution in [0.15, 0.2) is 48.2 Å². The summed E-state index contributed by atoms with van der Waals surface area (Å²) in [5.74, 6) is -0.424. The topological polar surface area (TPSA) is 40.6 Å². The van der Waals surface area contributed by atoms with E-state index in [9.17, 15) is 9.59 Å². The minimum Gasteiger partial charge on any atom is -0.366 e. The normalized spacial score (nSPS) is 17.7. The quantitative estimate of drug-likeness (QED) is 0.749. The summed E-state index contributed by atoms with van der Waals surface area (Å²) in [6.45, 7) is 7.69. The third-order valence-corrected chi connectivity index (χ3v) is 5.68. The maximum absolute atomic E-state index is 13.5.